The van der Waals surface area contributed by atoms with Crippen molar-refractivity contribution in [2.24, 2.45) is 4.99 Å². The maximum absolute atomic E-state index is 5.80. The molecule has 1 aromatic carbocycles. The molecule has 0 saturated carbocycles. The molecule has 1 aromatic rings. The minimum Gasteiger partial charge on any atom is -0.497 e. The molecule has 0 aromatic heterocycles. The van der Waals surface area contributed by atoms with Gasteiger partial charge >= 0.3 is 0 Å². The molecule has 130 valence electrons. The maximum atomic E-state index is 5.80. The minimum atomic E-state index is -0.0731. The van der Waals surface area contributed by atoms with Gasteiger partial charge in [0.2, 0.25) is 0 Å². The third-order valence-electron chi connectivity index (χ3n) is 3.85. The van der Waals surface area contributed by atoms with Crippen molar-refractivity contribution >= 4 is 29.9 Å². The Morgan fingerprint density at radius 3 is 2.61 bits per heavy atom. The van der Waals surface area contributed by atoms with E-state index in [4.69, 9.17) is 9.47 Å². The molecule has 2 N–H and O–H groups in total. The first-order valence-corrected chi connectivity index (χ1v) is 7.94. The summed E-state index contributed by atoms with van der Waals surface area (Å²) in [6, 6.07) is 7.98. The number of guanidine groups is 1. The number of halogens is 1. The number of nitrogens with one attached hydrogen (secondary N) is 2. The molecule has 0 radical (unpaired) electrons. The summed E-state index contributed by atoms with van der Waals surface area (Å²) >= 11 is 0. The predicted octanol–water partition coefficient (Wildman–Crippen LogP) is 2.94. The molecule has 5 nitrogen and oxygen atoms in total. The Morgan fingerprint density at radius 2 is 2.04 bits per heavy atom. The second kappa shape index (κ2) is 9.97. The van der Waals surface area contributed by atoms with Crippen LogP contribution in [0.1, 0.15) is 32.3 Å². The van der Waals surface area contributed by atoms with Crippen molar-refractivity contribution in [1.29, 1.82) is 0 Å². The van der Waals surface area contributed by atoms with Crippen molar-refractivity contribution in [3.8, 4) is 5.75 Å². The number of rotatable bonds is 6. The van der Waals surface area contributed by atoms with Crippen LogP contribution in [0.2, 0.25) is 0 Å². The molecule has 1 aliphatic rings. The first-order valence-electron chi connectivity index (χ1n) is 7.94. The molecule has 0 aliphatic carbocycles. The van der Waals surface area contributed by atoms with E-state index >= 15 is 0 Å². The van der Waals surface area contributed by atoms with E-state index in [0.29, 0.717) is 6.54 Å². The van der Waals surface area contributed by atoms with E-state index < -0.39 is 0 Å². The van der Waals surface area contributed by atoms with E-state index in [2.05, 4.69) is 29.5 Å². The molecule has 23 heavy (non-hydrogen) atoms. The second-order valence-corrected chi connectivity index (χ2v) is 5.80. The highest BCUT2D eigenvalue weighted by Gasteiger charge is 2.29. The highest BCUT2D eigenvalue weighted by atomic mass is 127. The first-order chi connectivity index (χ1) is 10.6. The molecule has 0 bridgehead atoms. The van der Waals surface area contributed by atoms with E-state index in [1.807, 2.05) is 24.3 Å². The molecular weight excluding hydrogens is 405 g/mol. The SMILES string of the molecule is CCNC(=NCc1ccc(OC)cc1)NCC1(C)CCCO1.I. The third-order valence-corrected chi connectivity index (χ3v) is 3.85. The van der Waals surface area contributed by atoms with Crippen LogP contribution in [0.15, 0.2) is 29.3 Å². The second-order valence-electron chi connectivity index (χ2n) is 5.80. The fourth-order valence-electron chi connectivity index (χ4n) is 2.49. The van der Waals surface area contributed by atoms with Gasteiger partial charge < -0.3 is 20.1 Å². The molecule has 6 heteroatoms. The quantitative estimate of drug-likeness (QED) is 0.412. The van der Waals surface area contributed by atoms with E-state index in [9.17, 15) is 0 Å². The Balaban J connectivity index is 0.00000264. The molecular formula is C17H28IN3O2. The Kier molecular flexibility index (Phi) is 8.68. The Labute approximate surface area is 156 Å². The van der Waals surface area contributed by atoms with E-state index in [0.717, 1.165) is 49.8 Å². The van der Waals surface area contributed by atoms with Crippen molar-refractivity contribution in [1.82, 2.24) is 10.6 Å². The van der Waals surface area contributed by atoms with Crippen LogP contribution in [0.5, 0.6) is 5.75 Å². The average molecular weight is 433 g/mol. The topological polar surface area (TPSA) is 54.9 Å². The number of methoxy groups -OCH3 is 1. The summed E-state index contributed by atoms with van der Waals surface area (Å²) in [5.41, 5.74) is 1.08. The predicted molar refractivity (Wildman–Crippen MR) is 105 cm³/mol. The van der Waals surface area contributed by atoms with Gasteiger partial charge in [-0.15, -0.1) is 24.0 Å². The fourth-order valence-corrected chi connectivity index (χ4v) is 2.49. The van der Waals surface area contributed by atoms with Gasteiger partial charge in [0.05, 0.1) is 19.3 Å². The molecule has 1 atom stereocenters. The zero-order chi connectivity index (χ0) is 15.8. The normalized spacial score (nSPS) is 20.7. The summed E-state index contributed by atoms with van der Waals surface area (Å²) in [5, 5.41) is 6.66. The summed E-state index contributed by atoms with van der Waals surface area (Å²) < 4.78 is 11.0. The molecule has 1 unspecified atom stereocenters. The molecule has 1 saturated heterocycles. The summed E-state index contributed by atoms with van der Waals surface area (Å²) in [4.78, 5) is 4.63. The summed E-state index contributed by atoms with van der Waals surface area (Å²) in [6.07, 6.45) is 2.23. The van der Waals surface area contributed by atoms with Crippen LogP contribution in [0.3, 0.4) is 0 Å². The molecule has 1 aliphatic heterocycles. The molecule has 1 fully saturated rings. The lowest BCUT2D eigenvalue weighted by atomic mass is 10.0. The summed E-state index contributed by atoms with van der Waals surface area (Å²) in [6.45, 7) is 7.33. The van der Waals surface area contributed by atoms with Crippen molar-refractivity contribution < 1.29 is 9.47 Å². The minimum absolute atomic E-state index is 0. The van der Waals surface area contributed by atoms with Gasteiger partial charge in [0.15, 0.2) is 5.96 Å². The monoisotopic (exact) mass is 433 g/mol. The van der Waals surface area contributed by atoms with Gasteiger partial charge in [0, 0.05) is 19.7 Å². The Bertz CT molecular complexity index is 485. The number of hydrogen-bond acceptors (Lipinski definition) is 3. The maximum Gasteiger partial charge on any atom is 0.191 e. The zero-order valence-corrected chi connectivity index (χ0v) is 16.6. The van der Waals surface area contributed by atoms with E-state index in [-0.39, 0.29) is 29.6 Å². The Morgan fingerprint density at radius 1 is 1.30 bits per heavy atom. The third kappa shape index (κ3) is 6.55. The average Bonchev–Trinajstić information content (AvgIpc) is 2.98. The summed E-state index contributed by atoms with van der Waals surface area (Å²) in [7, 11) is 1.67. The van der Waals surface area contributed by atoms with Crippen LogP contribution >= 0.6 is 24.0 Å². The Hall–Kier alpha value is -1.02. The van der Waals surface area contributed by atoms with Gasteiger partial charge in [0.1, 0.15) is 5.75 Å². The van der Waals surface area contributed by atoms with E-state index in [1.165, 1.54) is 0 Å². The van der Waals surface area contributed by atoms with Gasteiger partial charge in [-0.25, -0.2) is 4.99 Å². The van der Waals surface area contributed by atoms with Crippen LogP contribution in [-0.2, 0) is 11.3 Å². The number of benzene rings is 1. The van der Waals surface area contributed by atoms with E-state index in [1.54, 1.807) is 7.11 Å². The first kappa shape index (κ1) is 20.0. The van der Waals surface area contributed by atoms with Gasteiger partial charge in [-0.05, 0) is 44.4 Å². The van der Waals surface area contributed by atoms with Gasteiger partial charge in [0.25, 0.3) is 0 Å². The lowest BCUT2D eigenvalue weighted by molar-refractivity contribution is 0.0243. The zero-order valence-electron chi connectivity index (χ0n) is 14.2. The number of nitrogens with zero attached hydrogens (tertiary/aromatic N) is 1. The number of aliphatic imine (C=N–C) groups is 1. The van der Waals surface area contributed by atoms with Crippen LogP contribution in [0.4, 0.5) is 0 Å². The smallest absolute Gasteiger partial charge is 0.191 e. The van der Waals surface area contributed by atoms with Crippen molar-refractivity contribution in [3.63, 3.8) is 0 Å². The van der Waals surface area contributed by atoms with Crippen LogP contribution < -0.4 is 15.4 Å². The molecule has 2 rings (SSSR count). The van der Waals surface area contributed by atoms with Crippen LogP contribution in [0.25, 0.3) is 0 Å². The van der Waals surface area contributed by atoms with Crippen molar-refractivity contribution in [2.45, 2.75) is 38.8 Å². The largest absolute Gasteiger partial charge is 0.497 e. The lowest BCUT2D eigenvalue weighted by Crippen LogP contribution is -2.45. The fraction of sp³-hybridized carbons (Fsp3) is 0.588. The van der Waals surface area contributed by atoms with Crippen LogP contribution in [-0.4, -0.2) is 38.4 Å². The van der Waals surface area contributed by atoms with Gasteiger partial charge in [-0.2, -0.15) is 0 Å². The molecule has 1 heterocycles. The standard InChI is InChI=1S/C17H27N3O2.HI/c1-4-18-16(20-13-17(2)10-5-11-22-17)19-12-14-6-8-15(21-3)9-7-14;/h6-9H,4-5,10-13H2,1-3H3,(H2,18,19,20);1H. The van der Waals surface area contributed by atoms with Crippen molar-refractivity contribution in [2.75, 3.05) is 26.8 Å². The highest BCUT2D eigenvalue weighted by Crippen LogP contribution is 2.23. The highest BCUT2D eigenvalue weighted by molar-refractivity contribution is 14.0. The molecule has 0 amide bonds. The number of ether oxygens (including phenoxy) is 2. The van der Waals surface area contributed by atoms with Gasteiger partial charge in [-0.3, -0.25) is 0 Å². The van der Waals surface area contributed by atoms with Crippen molar-refractivity contribution in [3.05, 3.63) is 29.8 Å². The molecule has 0 spiro atoms. The number of hydrogen-bond donors (Lipinski definition) is 2. The van der Waals surface area contributed by atoms with Gasteiger partial charge in [-0.1, -0.05) is 12.1 Å². The lowest BCUT2D eigenvalue weighted by Gasteiger charge is -2.24. The van der Waals surface area contributed by atoms with Crippen LogP contribution in [0, 0.1) is 0 Å². The summed E-state index contributed by atoms with van der Waals surface area (Å²) in [5.74, 6) is 1.69.